The molecule has 124 valence electrons. The van der Waals surface area contributed by atoms with Crippen molar-refractivity contribution in [3.8, 4) is 0 Å². The average Bonchev–Trinajstić information content (AvgIpc) is 2.47. The van der Waals surface area contributed by atoms with Crippen molar-refractivity contribution in [1.29, 1.82) is 0 Å². The summed E-state index contributed by atoms with van der Waals surface area (Å²) >= 11 is 1.69. The van der Waals surface area contributed by atoms with Crippen LogP contribution in [0.2, 0.25) is 0 Å². The van der Waals surface area contributed by atoms with Gasteiger partial charge in [0, 0.05) is 31.6 Å². The zero-order chi connectivity index (χ0) is 16.3. The van der Waals surface area contributed by atoms with Crippen LogP contribution in [0.4, 0.5) is 0 Å². The van der Waals surface area contributed by atoms with Gasteiger partial charge in [-0.3, -0.25) is 0 Å². The quantitative estimate of drug-likeness (QED) is 0.772. The molecule has 0 N–H and O–H groups in total. The van der Waals surface area contributed by atoms with Gasteiger partial charge in [0.1, 0.15) is 0 Å². The first kappa shape index (κ1) is 17.8. The number of rotatable bonds is 5. The van der Waals surface area contributed by atoms with Crippen LogP contribution in [0.5, 0.6) is 0 Å². The highest BCUT2D eigenvalue weighted by Gasteiger charge is 2.33. The van der Waals surface area contributed by atoms with E-state index in [0.29, 0.717) is 31.5 Å². The maximum atomic E-state index is 12.8. The fourth-order valence-corrected chi connectivity index (χ4v) is 5.06. The molecule has 1 aromatic rings. The first-order valence-corrected chi connectivity index (χ1v) is 10.3. The van der Waals surface area contributed by atoms with E-state index in [1.54, 1.807) is 23.1 Å². The molecule has 1 aliphatic heterocycles. The van der Waals surface area contributed by atoms with Crippen LogP contribution < -0.4 is 0 Å². The maximum Gasteiger partial charge on any atom is 0.282 e. The van der Waals surface area contributed by atoms with Gasteiger partial charge in [-0.1, -0.05) is 26.0 Å². The Bertz CT molecular complexity index is 577. The Kier molecular flexibility index (Phi) is 5.94. The number of benzene rings is 1. The molecule has 22 heavy (non-hydrogen) atoms. The van der Waals surface area contributed by atoms with Crippen molar-refractivity contribution in [1.82, 2.24) is 8.61 Å². The summed E-state index contributed by atoms with van der Waals surface area (Å²) in [5, 5.41) is 0. The van der Waals surface area contributed by atoms with Gasteiger partial charge in [-0.05, 0) is 42.2 Å². The Labute approximate surface area is 139 Å². The van der Waals surface area contributed by atoms with Crippen molar-refractivity contribution in [2.45, 2.75) is 31.7 Å². The molecule has 0 aliphatic carbocycles. The number of piperidine rings is 1. The standard InChI is InChI=1S/C16H26N2O2S2/c1-13-9-14(2)11-18(10-13)22(19,20)17(3)12-15-5-7-16(21-4)8-6-15/h5-8,13-14H,9-12H2,1-4H3/t13-,14-/m0/s1. The molecule has 0 bridgehead atoms. The van der Waals surface area contributed by atoms with Crippen molar-refractivity contribution in [3.05, 3.63) is 29.8 Å². The minimum absolute atomic E-state index is 0.413. The summed E-state index contributed by atoms with van der Waals surface area (Å²) in [7, 11) is -1.71. The van der Waals surface area contributed by atoms with E-state index < -0.39 is 10.2 Å². The Morgan fingerprint density at radius 1 is 1.18 bits per heavy atom. The molecule has 1 aromatic carbocycles. The molecule has 4 nitrogen and oxygen atoms in total. The zero-order valence-electron chi connectivity index (χ0n) is 13.8. The van der Waals surface area contributed by atoms with E-state index in [9.17, 15) is 8.42 Å². The highest BCUT2D eigenvalue weighted by molar-refractivity contribution is 7.98. The first-order valence-electron chi connectivity index (χ1n) is 7.67. The largest absolute Gasteiger partial charge is 0.282 e. The Morgan fingerprint density at radius 3 is 2.23 bits per heavy atom. The molecule has 2 rings (SSSR count). The second-order valence-electron chi connectivity index (χ2n) is 6.37. The molecule has 0 unspecified atom stereocenters. The zero-order valence-corrected chi connectivity index (χ0v) is 15.5. The number of thioether (sulfide) groups is 1. The van der Waals surface area contributed by atoms with Crippen LogP contribution in [0.3, 0.4) is 0 Å². The van der Waals surface area contributed by atoms with Gasteiger partial charge >= 0.3 is 0 Å². The van der Waals surface area contributed by atoms with Gasteiger partial charge in [-0.25, -0.2) is 0 Å². The van der Waals surface area contributed by atoms with Crippen molar-refractivity contribution in [3.63, 3.8) is 0 Å². The highest BCUT2D eigenvalue weighted by Crippen LogP contribution is 2.25. The van der Waals surface area contributed by atoms with Crippen LogP contribution in [0, 0.1) is 11.8 Å². The topological polar surface area (TPSA) is 40.6 Å². The predicted molar refractivity (Wildman–Crippen MR) is 93.1 cm³/mol. The molecule has 0 aromatic heterocycles. The van der Waals surface area contributed by atoms with Crippen LogP contribution in [0.1, 0.15) is 25.8 Å². The highest BCUT2D eigenvalue weighted by atomic mass is 32.2. The van der Waals surface area contributed by atoms with Crippen molar-refractivity contribution < 1.29 is 8.42 Å². The fraction of sp³-hybridized carbons (Fsp3) is 0.625. The van der Waals surface area contributed by atoms with Crippen molar-refractivity contribution >= 4 is 22.0 Å². The van der Waals surface area contributed by atoms with Gasteiger partial charge in [0.15, 0.2) is 0 Å². The summed E-state index contributed by atoms with van der Waals surface area (Å²) < 4.78 is 28.6. The van der Waals surface area contributed by atoms with Crippen LogP contribution in [-0.2, 0) is 16.8 Å². The van der Waals surface area contributed by atoms with E-state index >= 15 is 0 Å². The Balaban J connectivity index is 2.07. The van der Waals surface area contributed by atoms with E-state index in [1.807, 2.05) is 30.5 Å². The molecule has 2 atom stereocenters. The van der Waals surface area contributed by atoms with Crippen LogP contribution >= 0.6 is 11.8 Å². The summed E-state index contributed by atoms with van der Waals surface area (Å²) in [5.74, 6) is 0.848. The van der Waals surface area contributed by atoms with E-state index in [2.05, 4.69) is 13.8 Å². The maximum absolute atomic E-state index is 12.8. The van der Waals surface area contributed by atoms with Crippen LogP contribution in [0.15, 0.2) is 29.2 Å². The van der Waals surface area contributed by atoms with Crippen LogP contribution in [0.25, 0.3) is 0 Å². The van der Waals surface area contributed by atoms with Crippen LogP contribution in [-0.4, -0.2) is 43.4 Å². The summed E-state index contributed by atoms with van der Waals surface area (Å²) in [4.78, 5) is 1.19. The Hall–Kier alpha value is -0.560. The molecule has 0 amide bonds. The SMILES string of the molecule is CSc1ccc(CN(C)S(=O)(=O)N2C[C@@H](C)C[C@H](C)C2)cc1. The predicted octanol–water partition coefficient (Wildman–Crippen LogP) is 3.06. The lowest BCUT2D eigenvalue weighted by Gasteiger charge is -2.36. The number of hydrogen-bond donors (Lipinski definition) is 0. The third-order valence-electron chi connectivity index (χ3n) is 4.12. The average molecular weight is 343 g/mol. The second-order valence-corrected chi connectivity index (χ2v) is 9.29. The molecule has 1 saturated heterocycles. The second kappa shape index (κ2) is 7.34. The molecule has 0 spiro atoms. The van der Waals surface area contributed by atoms with Gasteiger partial charge in [-0.15, -0.1) is 11.8 Å². The number of nitrogens with zero attached hydrogens (tertiary/aromatic N) is 2. The van der Waals surface area contributed by atoms with E-state index in [0.717, 1.165) is 12.0 Å². The monoisotopic (exact) mass is 342 g/mol. The molecule has 1 aliphatic rings. The lowest BCUT2D eigenvalue weighted by Crippen LogP contribution is -2.48. The first-order chi connectivity index (χ1) is 10.3. The van der Waals surface area contributed by atoms with Gasteiger partial charge in [0.2, 0.25) is 0 Å². The lowest BCUT2D eigenvalue weighted by atomic mass is 9.94. The summed E-state index contributed by atoms with van der Waals surface area (Å²) in [6, 6.07) is 8.07. The minimum Gasteiger partial charge on any atom is -0.195 e. The normalized spacial score (nSPS) is 23.9. The third-order valence-corrected chi connectivity index (χ3v) is 6.73. The summed E-state index contributed by atoms with van der Waals surface area (Å²) in [5.41, 5.74) is 1.02. The van der Waals surface area contributed by atoms with Gasteiger partial charge in [0.25, 0.3) is 10.2 Å². The van der Waals surface area contributed by atoms with Gasteiger partial charge < -0.3 is 0 Å². The minimum atomic E-state index is -3.38. The molecule has 0 radical (unpaired) electrons. The molecule has 1 heterocycles. The summed E-state index contributed by atoms with van der Waals surface area (Å²) in [6.07, 6.45) is 3.14. The fourth-order valence-electron chi connectivity index (χ4n) is 3.06. The van der Waals surface area contributed by atoms with Gasteiger partial charge in [0.05, 0.1) is 0 Å². The lowest BCUT2D eigenvalue weighted by molar-refractivity contribution is 0.211. The van der Waals surface area contributed by atoms with Crippen molar-refractivity contribution in [2.75, 3.05) is 26.4 Å². The smallest absolute Gasteiger partial charge is 0.195 e. The third kappa shape index (κ3) is 4.25. The number of hydrogen-bond acceptors (Lipinski definition) is 3. The molecule has 0 saturated carbocycles. The Morgan fingerprint density at radius 2 is 1.73 bits per heavy atom. The van der Waals surface area contributed by atoms with Crippen molar-refractivity contribution in [2.24, 2.45) is 11.8 Å². The van der Waals surface area contributed by atoms with Gasteiger partial charge in [-0.2, -0.15) is 17.0 Å². The van der Waals surface area contributed by atoms with E-state index in [1.165, 1.54) is 9.20 Å². The molecule has 6 heteroatoms. The van der Waals surface area contributed by atoms with E-state index in [-0.39, 0.29) is 0 Å². The molecule has 1 fully saturated rings. The molecular formula is C16H26N2O2S2. The summed E-state index contributed by atoms with van der Waals surface area (Å²) in [6.45, 7) is 5.92. The molecular weight excluding hydrogens is 316 g/mol. The van der Waals surface area contributed by atoms with E-state index in [4.69, 9.17) is 0 Å².